The summed E-state index contributed by atoms with van der Waals surface area (Å²) in [5.74, 6) is -0.0758. The summed E-state index contributed by atoms with van der Waals surface area (Å²) in [6.45, 7) is 0. The molecule has 4 aromatic rings. The van der Waals surface area contributed by atoms with Crippen molar-refractivity contribution in [2.24, 2.45) is 0 Å². The number of aromatic nitrogens is 2. The number of hydrogen-bond acceptors (Lipinski definition) is 7. The second-order valence-electron chi connectivity index (χ2n) is 6.60. The number of ketones is 2. The van der Waals surface area contributed by atoms with Crippen LogP contribution in [0.1, 0.15) is 36.9 Å². The van der Waals surface area contributed by atoms with Crippen LogP contribution in [0, 0.1) is 0 Å². The Bertz CT molecular complexity index is 1320. The van der Waals surface area contributed by atoms with Crippen LogP contribution in [-0.2, 0) is 0 Å². The number of halogens is 1. The Morgan fingerprint density at radius 3 is 1.83 bits per heavy atom. The molecule has 0 aliphatic heterocycles. The number of nitrogens with zero attached hydrogens (tertiary/aromatic N) is 2. The molecule has 0 bridgehead atoms. The van der Waals surface area contributed by atoms with Crippen molar-refractivity contribution in [2.45, 2.75) is 0 Å². The summed E-state index contributed by atoms with van der Waals surface area (Å²) in [5, 5.41) is 1.49. The number of fused-ring (bicyclic) bond motifs is 3. The molecule has 2 heterocycles. The van der Waals surface area contributed by atoms with E-state index in [1.165, 1.54) is 22.7 Å². The van der Waals surface area contributed by atoms with Gasteiger partial charge in [0, 0.05) is 22.3 Å². The lowest BCUT2D eigenvalue weighted by Crippen LogP contribution is -1.99. The third kappa shape index (κ3) is 3.15. The molecule has 5 rings (SSSR count). The fourth-order valence-corrected chi connectivity index (χ4v) is 5.90. The first-order valence-electron chi connectivity index (χ1n) is 8.91. The fourth-order valence-electron chi connectivity index (χ4n) is 3.20. The molecule has 8 heteroatoms. The Balaban J connectivity index is 1.50. The first-order valence-corrected chi connectivity index (χ1v) is 12.1. The highest BCUT2D eigenvalue weighted by Crippen LogP contribution is 2.47. The zero-order chi connectivity index (χ0) is 20.8. The minimum absolute atomic E-state index is 0.0852. The molecule has 0 amide bonds. The molecule has 1 aliphatic rings. The number of carbonyl (C=O) groups excluding carboxylic acids is 3. The molecule has 2 aromatic heterocycles. The number of rotatable bonds is 5. The van der Waals surface area contributed by atoms with E-state index in [9.17, 15) is 14.4 Å². The van der Waals surface area contributed by atoms with Crippen molar-refractivity contribution in [2.75, 3.05) is 4.43 Å². The van der Waals surface area contributed by atoms with Crippen LogP contribution in [0.25, 0.3) is 30.9 Å². The summed E-state index contributed by atoms with van der Waals surface area (Å²) in [6, 6.07) is 14.5. The number of alkyl halides is 1. The molecular formula is C22H11IN2O3S2. The predicted octanol–water partition coefficient (Wildman–Crippen LogP) is 5.58. The smallest absolute Gasteiger partial charge is 0.232 e. The topological polar surface area (TPSA) is 77.0 Å². The van der Waals surface area contributed by atoms with Gasteiger partial charge >= 0.3 is 0 Å². The average Bonchev–Trinajstić information content (AvgIpc) is 3.47. The third-order valence-corrected chi connectivity index (χ3v) is 7.83. The van der Waals surface area contributed by atoms with Gasteiger partial charge in [-0.3, -0.25) is 14.4 Å². The highest BCUT2D eigenvalue weighted by molar-refractivity contribution is 14.1. The van der Waals surface area contributed by atoms with Gasteiger partial charge in [0.25, 0.3) is 0 Å². The van der Waals surface area contributed by atoms with Gasteiger partial charge in [-0.2, -0.15) is 0 Å². The van der Waals surface area contributed by atoms with Crippen molar-refractivity contribution < 1.29 is 14.4 Å². The lowest BCUT2D eigenvalue weighted by atomic mass is 10.1. The Kier molecular flexibility index (Phi) is 4.92. The van der Waals surface area contributed by atoms with Crippen molar-refractivity contribution in [1.29, 1.82) is 0 Å². The predicted molar refractivity (Wildman–Crippen MR) is 126 cm³/mol. The molecule has 0 fully saturated rings. The molecule has 1 aliphatic carbocycles. The number of Topliss-reactive ketones (excluding diaryl/α,β-unsaturated/α-hetero) is 1. The van der Waals surface area contributed by atoms with Gasteiger partial charge < -0.3 is 0 Å². The normalized spacial score (nSPS) is 12.0. The molecule has 0 saturated carbocycles. The van der Waals surface area contributed by atoms with E-state index in [1.54, 1.807) is 24.3 Å². The Morgan fingerprint density at radius 2 is 1.37 bits per heavy atom. The van der Waals surface area contributed by atoms with Gasteiger partial charge in [0.2, 0.25) is 5.78 Å². The third-order valence-electron chi connectivity index (χ3n) is 4.76. The zero-order valence-corrected chi connectivity index (χ0v) is 19.0. The van der Waals surface area contributed by atoms with E-state index in [0.29, 0.717) is 26.9 Å². The number of thiazole rings is 2. The van der Waals surface area contributed by atoms with Gasteiger partial charge in [-0.15, -0.1) is 22.7 Å². The first-order chi connectivity index (χ1) is 14.6. The Labute approximate surface area is 193 Å². The molecule has 30 heavy (non-hydrogen) atoms. The SMILES string of the molecule is O=Cc1ccc(-c2nc3c(s2)-c2sc(-c4ccc(C(=O)CI)cc4)nc2C3=O)cc1. The summed E-state index contributed by atoms with van der Waals surface area (Å²) in [6.07, 6.45) is 0.796. The van der Waals surface area contributed by atoms with Gasteiger partial charge in [-0.1, -0.05) is 71.1 Å². The van der Waals surface area contributed by atoms with E-state index in [4.69, 9.17) is 0 Å². The standard InChI is InChI=1S/C22H11IN2O3S2/c23-9-15(27)12-5-7-14(8-6-12)22-25-17-18(28)16-19(20(17)30-22)29-21(24-16)13-3-1-11(10-26)2-4-13/h1-8,10H,9H2. The van der Waals surface area contributed by atoms with Crippen LogP contribution in [0.5, 0.6) is 0 Å². The zero-order valence-electron chi connectivity index (χ0n) is 15.2. The van der Waals surface area contributed by atoms with Gasteiger partial charge in [0.15, 0.2) is 5.78 Å². The Hall–Kier alpha value is -2.56. The van der Waals surface area contributed by atoms with Crippen molar-refractivity contribution in [3.05, 3.63) is 71.0 Å². The van der Waals surface area contributed by atoms with Gasteiger partial charge in [-0.25, -0.2) is 9.97 Å². The number of aldehydes is 1. The number of carbonyl (C=O) groups is 3. The monoisotopic (exact) mass is 542 g/mol. The Morgan fingerprint density at radius 1 is 0.867 bits per heavy atom. The molecule has 0 unspecified atom stereocenters. The number of hydrogen-bond donors (Lipinski definition) is 0. The van der Waals surface area contributed by atoms with Crippen LogP contribution in [0.4, 0.5) is 0 Å². The van der Waals surface area contributed by atoms with Crippen molar-refractivity contribution in [3.8, 4) is 30.9 Å². The lowest BCUT2D eigenvalue weighted by Gasteiger charge is -1.99. The van der Waals surface area contributed by atoms with E-state index in [0.717, 1.165) is 37.2 Å². The van der Waals surface area contributed by atoms with E-state index >= 15 is 0 Å². The highest BCUT2D eigenvalue weighted by atomic mass is 127. The molecule has 0 spiro atoms. The summed E-state index contributed by atoms with van der Waals surface area (Å²) < 4.78 is 0.436. The second-order valence-corrected chi connectivity index (χ2v) is 9.36. The maximum atomic E-state index is 12.9. The van der Waals surface area contributed by atoms with Crippen LogP contribution in [0.3, 0.4) is 0 Å². The lowest BCUT2D eigenvalue weighted by molar-refractivity contribution is 0.102. The maximum absolute atomic E-state index is 12.9. The quantitative estimate of drug-likeness (QED) is 0.126. The number of benzene rings is 2. The molecular weight excluding hydrogens is 531 g/mol. The molecule has 0 saturated heterocycles. The molecule has 5 nitrogen and oxygen atoms in total. The minimum atomic E-state index is -0.161. The van der Waals surface area contributed by atoms with Crippen LogP contribution < -0.4 is 0 Å². The van der Waals surface area contributed by atoms with Crippen LogP contribution in [0.15, 0.2) is 48.5 Å². The van der Waals surface area contributed by atoms with Crippen molar-refractivity contribution in [3.63, 3.8) is 0 Å². The molecule has 146 valence electrons. The van der Waals surface area contributed by atoms with Gasteiger partial charge in [0.05, 0.1) is 14.2 Å². The summed E-state index contributed by atoms with van der Waals surface area (Å²) in [4.78, 5) is 46.3. The minimum Gasteiger partial charge on any atom is -0.298 e. The summed E-state index contributed by atoms with van der Waals surface area (Å²) >= 11 is 4.97. The van der Waals surface area contributed by atoms with Gasteiger partial charge in [0.1, 0.15) is 27.7 Å². The van der Waals surface area contributed by atoms with E-state index in [-0.39, 0.29) is 11.6 Å². The van der Waals surface area contributed by atoms with Crippen LogP contribution in [-0.4, -0.2) is 32.2 Å². The summed E-state index contributed by atoms with van der Waals surface area (Å²) in [5.41, 5.74) is 3.90. The van der Waals surface area contributed by atoms with Crippen molar-refractivity contribution >= 4 is 63.1 Å². The average molecular weight is 542 g/mol. The van der Waals surface area contributed by atoms with Gasteiger partial charge in [-0.05, 0) is 0 Å². The van der Waals surface area contributed by atoms with E-state index < -0.39 is 0 Å². The van der Waals surface area contributed by atoms with E-state index in [2.05, 4.69) is 32.6 Å². The summed E-state index contributed by atoms with van der Waals surface area (Å²) in [7, 11) is 0. The first kappa shape index (κ1) is 19.4. The molecule has 2 aromatic carbocycles. The van der Waals surface area contributed by atoms with Crippen LogP contribution in [0.2, 0.25) is 0 Å². The maximum Gasteiger partial charge on any atom is 0.232 e. The fraction of sp³-hybridized carbons (Fsp3) is 0.0455. The highest BCUT2D eigenvalue weighted by Gasteiger charge is 2.35. The van der Waals surface area contributed by atoms with Crippen LogP contribution >= 0.6 is 45.3 Å². The second kappa shape index (κ2) is 7.60. The van der Waals surface area contributed by atoms with E-state index in [1.807, 2.05) is 24.3 Å². The van der Waals surface area contributed by atoms with Crippen molar-refractivity contribution in [1.82, 2.24) is 9.97 Å². The largest absolute Gasteiger partial charge is 0.298 e. The molecule has 0 atom stereocenters. The molecule has 0 N–H and O–H groups in total. The molecule has 0 radical (unpaired) electrons.